The Morgan fingerprint density at radius 1 is 1.12 bits per heavy atom. The molecule has 1 amide bonds. The minimum Gasteiger partial charge on any atom is -0.489 e. The number of rotatable bonds is 6. The molecule has 4 rings (SSSR count). The molecule has 0 bridgehead atoms. The van der Waals surface area contributed by atoms with E-state index in [4.69, 9.17) is 10.5 Å². The zero-order valence-corrected chi connectivity index (χ0v) is 15.0. The number of hydrogen-bond acceptors (Lipinski definition) is 3. The Bertz CT molecular complexity index is 744. The normalized spacial score (nSPS) is 24.5. The lowest BCUT2D eigenvalue weighted by molar-refractivity contribution is -0.131. The van der Waals surface area contributed by atoms with Crippen LogP contribution >= 0.6 is 0 Å². The van der Waals surface area contributed by atoms with Crippen molar-refractivity contribution in [2.24, 2.45) is 17.6 Å². The van der Waals surface area contributed by atoms with Crippen LogP contribution in [0.25, 0.3) is 0 Å². The first-order valence-corrected chi connectivity index (χ1v) is 9.50. The Balaban J connectivity index is 1.30. The second kappa shape index (κ2) is 7.50. The van der Waals surface area contributed by atoms with E-state index in [0.717, 1.165) is 37.2 Å². The maximum absolute atomic E-state index is 12.6. The molecule has 2 fully saturated rings. The lowest BCUT2D eigenvalue weighted by atomic mass is 10.1. The van der Waals surface area contributed by atoms with Crippen LogP contribution in [-0.2, 0) is 11.4 Å². The average Bonchev–Trinajstić information content (AvgIpc) is 3.35. The molecule has 1 aliphatic heterocycles. The second-order valence-electron chi connectivity index (χ2n) is 7.47. The highest BCUT2D eigenvalue weighted by molar-refractivity contribution is 5.83. The van der Waals surface area contributed by atoms with E-state index in [1.807, 2.05) is 35.2 Å². The van der Waals surface area contributed by atoms with Crippen LogP contribution in [-0.4, -0.2) is 30.4 Å². The topological polar surface area (TPSA) is 55.6 Å². The van der Waals surface area contributed by atoms with Gasteiger partial charge in [-0.15, -0.1) is 0 Å². The quantitative estimate of drug-likeness (QED) is 0.870. The fraction of sp³-hybridized carbons (Fsp3) is 0.409. The monoisotopic (exact) mass is 350 g/mol. The summed E-state index contributed by atoms with van der Waals surface area (Å²) in [7, 11) is 0. The van der Waals surface area contributed by atoms with Gasteiger partial charge in [-0.05, 0) is 54.5 Å². The fourth-order valence-corrected chi connectivity index (χ4v) is 3.85. The lowest BCUT2D eigenvalue weighted by Crippen LogP contribution is -2.31. The number of carbonyl (C=O) groups excluding carboxylic acids is 1. The average molecular weight is 350 g/mol. The molecular formula is C22H26N2O2. The van der Waals surface area contributed by atoms with Gasteiger partial charge < -0.3 is 15.4 Å². The largest absolute Gasteiger partial charge is 0.489 e. The molecule has 1 saturated heterocycles. The summed E-state index contributed by atoms with van der Waals surface area (Å²) in [6.07, 6.45) is 2.01. The van der Waals surface area contributed by atoms with Crippen LogP contribution in [0.5, 0.6) is 5.75 Å². The number of hydrogen-bond donors (Lipinski definition) is 1. The molecular weight excluding hydrogens is 324 g/mol. The first-order chi connectivity index (χ1) is 12.7. The van der Waals surface area contributed by atoms with Crippen molar-refractivity contribution in [1.82, 2.24) is 4.90 Å². The molecule has 2 aromatic rings. The van der Waals surface area contributed by atoms with E-state index < -0.39 is 0 Å². The van der Waals surface area contributed by atoms with Crippen molar-refractivity contribution in [1.29, 1.82) is 0 Å². The van der Waals surface area contributed by atoms with Crippen LogP contribution in [0.15, 0.2) is 54.6 Å². The standard InChI is InChI=1S/C22H26N2O2/c23-13-17-10-11-24(14-17)22(25)21-12-20(21)18-6-8-19(9-7-18)26-15-16-4-2-1-3-5-16/h1-9,17,20-21H,10-15,23H2. The van der Waals surface area contributed by atoms with E-state index in [1.165, 1.54) is 5.56 Å². The molecule has 0 radical (unpaired) electrons. The van der Waals surface area contributed by atoms with E-state index in [-0.39, 0.29) is 5.92 Å². The number of amides is 1. The van der Waals surface area contributed by atoms with E-state index >= 15 is 0 Å². The molecule has 26 heavy (non-hydrogen) atoms. The highest BCUT2D eigenvalue weighted by atomic mass is 16.5. The number of likely N-dealkylation sites (tertiary alicyclic amines) is 1. The molecule has 0 aromatic heterocycles. The maximum Gasteiger partial charge on any atom is 0.226 e. The molecule has 0 spiro atoms. The predicted molar refractivity (Wildman–Crippen MR) is 102 cm³/mol. The maximum atomic E-state index is 12.6. The number of nitrogens with zero attached hydrogens (tertiary/aromatic N) is 1. The molecule has 3 atom stereocenters. The Hall–Kier alpha value is -2.33. The summed E-state index contributed by atoms with van der Waals surface area (Å²) in [4.78, 5) is 14.7. The van der Waals surface area contributed by atoms with E-state index in [9.17, 15) is 4.79 Å². The highest BCUT2D eigenvalue weighted by Gasteiger charge is 2.46. The van der Waals surface area contributed by atoms with E-state index in [2.05, 4.69) is 24.3 Å². The van der Waals surface area contributed by atoms with Gasteiger partial charge in [-0.3, -0.25) is 4.79 Å². The minimum atomic E-state index is 0.155. The molecule has 4 heteroatoms. The summed E-state index contributed by atoms with van der Waals surface area (Å²) in [5.41, 5.74) is 8.13. The van der Waals surface area contributed by atoms with Crippen molar-refractivity contribution in [2.75, 3.05) is 19.6 Å². The summed E-state index contributed by atoms with van der Waals surface area (Å²) in [5, 5.41) is 0. The van der Waals surface area contributed by atoms with Gasteiger partial charge in [0.1, 0.15) is 12.4 Å². The smallest absolute Gasteiger partial charge is 0.226 e. The molecule has 4 nitrogen and oxygen atoms in total. The fourth-order valence-electron chi connectivity index (χ4n) is 3.85. The van der Waals surface area contributed by atoms with Crippen LogP contribution in [0, 0.1) is 11.8 Å². The van der Waals surface area contributed by atoms with Crippen LogP contribution in [0.4, 0.5) is 0 Å². The lowest BCUT2D eigenvalue weighted by Gasteiger charge is -2.16. The molecule has 2 aliphatic rings. The molecule has 1 saturated carbocycles. The SMILES string of the molecule is NCC1CCN(C(=O)C2CC2c2ccc(OCc3ccccc3)cc2)C1. The van der Waals surface area contributed by atoms with Gasteiger partial charge in [-0.2, -0.15) is 0 Å². The van der Waals surface area contributed by atoms with E-state index in [0.29, 0.717) is 30.9 Å². The van der Waals surface area contributed by atoms with Crippen molar-refractivity contribution in [3.63, 3.8) is 0 Å². The summed E-state index contributed by atoms with van der Waals surface area (Å²) in [6, 6.07) is 18.4. The summed E-state index contributed by atoms with van der Waals surface area (Å²) in [5.74, 6) is 2.18. The van der Waals surface area contributed by atoms with Crippen molar-refractivity contribution in [2.45, 2.75) is 25.4 Å². The van der Waals surface area contributed by atoms with E-state index in [1.54, 1.807) is 0 Å². The molecule has 2 aromatic carbocycles. The molecule has 136 valence electrons. The van der Waals surface area contributed by atoms with Crippen LogP contribution in [0.3, 0.4) is 0 Å². The molecule has 3 unspecified atom stereocenters. The molecule has 2 N–H and O–H groups in total. The predicted octanol–water partition coefficient (Wildman–Crippen LogP) is 3.18. The Kier molecular flexibility index (Phi) is 4.93. The van der Waals surface area contributed by atoms with Gasteiger partial charge in [0.2, 0.25) is 5.91 Å². The van der Waals surface area contributed by atoms with Gasteiger partial charge >= 0.3 is 0 Å². The van der Waals surface area contributed by atoms with Crippen molar-refractivity contribution in [3.8, 4) is 5.75 Å². The summed E-state index contributed by atoms with van der Waals surface area (Å²) < 4.78 is 5.84. The van der Waals surface area contributed by atoms with Crippen LogP contribution in [0.1, 0.15) is 29.9 Å². The number of benzene rings is 2. The van der Waals surface area contributed by atoms with Crippen LogP contribution < -0.4 is 10.5 Å². The number of carbonyl (C=O) groups is 1. The van der Waals surface area contributed by atoms with Gasteiger partial charge in [0.15, 0.2) is 0 Å². The van der Waals surface area contributed by atoms with Gasteiger partial charge in [0.25, 0.3) is 0 Å². The number of nitrogens with two attached hydrogens (primary N) is 1. The second-order valence-corrected chi connectivity index (χ2v) is 7.47. The van der Waals surface area contributed by atoms with Crippen molar-refractivity contribution in [3.05, 3.63) is 65.7 Å². The molecule has 1 aliphatic carbocycles. The Morgan fingerprint density at radius 3 is 2.58 bits per heavy atom. The van der Waals surface area contributed by atoms with Gasteiger partial charge in [-0.1, -0.05) is 42.5 Å². The zero-order chi connectivity index (χ0) is 17.9. The third-order valence-electron chi connectivity index (χ3n) is 5.60. The minimum absolute atomic E-state index is 0.155. The summed E-state index contributed by atoms with van der Waals surface area (Å²) >= 11 is 0. The van der Waals surface area contributed by atoms with Gasteiger partial charge in [-0.25, -0.2) is 0 Å². The summed E-state index contributed by atoms with van der Waals surface area (Å²) in [6.45, 7) is 2.96. The first-order valence-electron chi connectivity index (χ1n) is 9.50. The first kappa shape index (κ1) is 17.1. The third-order valence-corrected chi connectivity index (χ3v) is 5.60. The zero-order valence-electron chi connectivity index (χ0n) is 15.0. The Morgan fingerprint density at radius 2 is 1.88 bits per heavy atom. The van der Waals surface area contributed by atoms with Gasteiger partial charge in [0, 0.05) is 19.0 Å². The number of ether oxygens (including phenoxy) is 1. The van der Waals surface area contributed by atoms with Crippen molar-refractivity contribution < 1.29 is 9.53 Å². The highest BCUT2D eigenvalue weighted by Crippen LogP contribution is 2.49. The Labute approximate surface area is 155 Å². The molecule has 1 heterocycles. The van der Waals surface area contributed by atoms with Gasteiger partial charge in [0.05, 0.1) is 0 Å². The third kappa shape index (κ3) is 3.75. The van der Waals surface area contributed by atoms with Crippen LogP contribution in [0.2, 0.25) is 0 Å². The van der Waals surface area contributed by atoms with Crippen molar-refractivity contribution >= 4 is 5.91 Å².